The molecule has 132 valence electrons. The van der Waals surface area contributed by atoms with E-state index in [0.717, 1.165) is 43.4 Å². The van der Waals surface area contributed by atoms with Crippen molar-refractivity contribution in [3.8, 4) is 28.5 Å². The Bertz CT molecular complexity index is 1360. The van der Waals surface area contributed by atoms with Gasteiger partial charge in [0.05, 0.1) is 16.7 Å². The van der Waals surface area contributed by atoms with Crippen LogP contribution < -0.4 is 0 Å². The highest BCUT2D eigenvalue weighted by atomic mass is 79.9. The SMILES string of the molecule is N#Cc1c2nc(-c3ccccc3)cc(-c3ccc(Br)cc3)c2n2ccccc12. The third-order valence-electron chi connectivity index (χ3n) is 4.92. The van der Waals surface area contributed by atoms with E-state index in [2.05, 4.69) is 44.6 Å². The second-order valence-electron chi connectivity index (χ2n) is 6.57. The number of benzene rings is 2. The van der Waals surface area contributed by atoms with E-state index < -0.39 is 0 Å². The summed E-state index contributed by atoms with van der Waals surface area (Å²) in [5.41, 5.74) is 7.19. The van der Waals surface area contributed by atoms with E-state index >= 15 is 0 Å². The third kappa shape index (κ3) is 2.60. The van der Waals surface area contributed by atoms with Crippen LogP contribution in [0, 0.1) is 11.3 Å². The maximum absolute atomic E-state index is 9.87. The van der Waals surface area contributed by atoms with Crippen molar-refractivity contribution >= 4 is 32.5 Å². The lowest BCUT2D eigenvalue weighted by molar-refractivity contribution is 1.25. The van der Waals surface area contributed by atoms with Gasteiger partial charge in [-0.3, -0.25) is 0 Å². The number of nitriles is 1. The predicted molar refractivity (Wildman–Crippen MR) is 116 cm³/mol. The van der Waals surface area contributed by atoms with Crippen molar-refractivity contribution < 1.29 is 0 Å². The van der Waals surface area contributed by atoms with Crippen molar-refractivity contribution in [3.05, 3.63) is 95.1 Å². The average molecular weight is 424 g/mol. The number of rotatable bonds is 2. The second kappa shape index (κ2) is 6.63. The molecule has 0 fully saturated rings. The van der Waals surface area contributed by atoms with E-state index in [0.29, 0.717) is 5.56 Å². The van der Waals surface area contributed by atoms with Gasteiger partial charge in [0.25, 0.3) is 0 Å². The maximum atomic E-state index is 9.87. The van der Waals surface area contributed by atoms with Gasteiger partial charge in [0.2, 0.25) is 0 Å². The zero-order chi connectivity index (χ0) is 19.1. The van der Waals surface area contributed by atoms with E-state index in [9.17, 15) is 5.26 Å². The molecule has 5 aromatic rings. The summed E-state index contributed by atoms with van der Waals surface area (Å²) in [6.45, 7) is 0. The molecule has 0 bridgehead atoms. The number of fused-ring (bicyclic) bond motifs is 3. The van der Waals surface area contributed by atoms with E-state index in [-0.39, 0.29) is 0 Å². The molecule has 0 radical (unpaired) electrons. The fraction of sp³-hybridized carbons (Fsp3) is 0. The first-order valence-electron chi connectivity index (χ1n) is 8.91. The minimum atomic E-state index is 0.603. The van der Waals surface area contributed by atoms with Gasteiger partial charge in [-0.05, 0) is 35.9 Å². The van der Waals surface area contributed by atoms with Crippen LogP contribution >= 0.6 is 15.9 Å². The topological polar surface area (TPSA) is 41.1 Å². The molecule has 0 aliphatic heterocycles. The van der Waals surface area contributed by atoms with Crippen molar-refractivity contribution in [2.24, 2.45) is 0 Å². The molecule has 0 aliphatic carbocycles. The van der Waals surface area contributed by atoms with Crippen molar-refractivity contribution in [2.75, 3.05) is 0 Å². The normalized spacial score (nSPS) is 11.0. The molecule has 0 atom stereocenters. The maximum Gasteiger partial charge on any atom is 0.108 e. The van der Waals surface area contributed by atoms with Crippen molar-refractivity contribution in [1.29, 1.82) is 5.26 Å². The van der Waals surface area contributed by atoms with Gasteiger partial charge < -0.3 is 4.40 Å². The van der Waals surface area contributed by atoms with Crippen LogP contribution in [0.25, 0.3) is 38.9 Å². The first-order chi connectivity index (χ1) is 13.8. The van der Waals surface area contributed by atoms with Crippen LogP contribution in [0.2, 0.25) is 0 Å². The molecular formula is C24H14BrN3. The summed E-state index contributed by atoms with van der Waals surface area (Å²) >= 11 is 3.51. The lowest BCUT2D eigenvalue weighted by atomic mass is 10.0. The van der Waals surface area contributed by atoms with E-state index in [1.807, 2.05) is 66.9 Å². The Morgan fingerprint density at radius 3 is 2.36 bits per heavy atom. The number of halogens is 1. The van der Waals surface area contributed by atoms with E-state index in [4.69, 9.17) is 4.98 Å². The molecule has 4 heteroatoms. The van der Waals surface area contributed by atoms with Gasteiger partial charge in [-0.15, -0.1) is 0 Å². The highest BCUT2D eigenvalue weighted by molar-refractivity contribution is 9.10. The minimum absolute atomic E-state index is 0.603. The molecule has 0 saturated carbocycles. The molecule has 0 aliphatic rings. The van der Waals surface area contributed by atoms with Crippen LogP contribution in [0.1, 0.15) is 5.56 Å². The van der Waals surface area contributed by atoms with Gasteiger partial charge in [-0.25, -0.2) is 4.98 Å². The zero-order valence-electron chi connectivity index (χ0n) is 14.8. The Morgan fingerprint density at radius 1 is 0.857 bits per heavy atom. The molecule has 0 unspecified atom stereocenters. The Morgan fingerprint density at radius 2 is 1.61 bits per heavy atom. The Labute approximate surface area is 170 Å². The van der Waals surface area contributed by atoms with Gasteiger partial charge in [0.15, 0.2) is 0 Å². The lowest BCUT2D eigenvalue weighted by Gasteiger charge is -2.09. The fourth-order valence-electron chi connectivity index (χ4n) is 3.64. The molecule has 2 aromatic carbocycles. The summed E-state index contributed by atoms with van der Waals surface area (Å²) in [6.07, 6.45) is 1.99. The van der Waals surface area contributed by atoms with Crippen molar-refractivity contribution in [3.63, 3.8) is 0 Å². The summed E-state index contributed by atoms with van der Waals surface area (Å²) in [4.78, 5) is 4.90. The molecule has 3 aromatic heterocycles. The van der Waals surface area contributed by atoms with Crippen LogP contribution in [-0.2, 0) is 0 Å². The third-order valence-corrected chi connectivity index (χ3v) is 5.45. The standard InChI is InChI=1S/C24H14BrN3/c25-18-11-9-16(10-12-18)19-14-21(17-6-2-1-3-7-17)27-23-20(15-26)22-8-4-5-13-28(22)24(19)23/h1-14H. The molecule has 28 heavy (non-hydrogen) atoms. The molecule has 0 saturated heterocycles. The van der Waals surface area contributed by atoms with Crippen LogP contribution in [0.4, 0.5) is 0 Å². The van der Waals surface area contributed by atoms with Gasteiger partial charge in [-0.2, -0.15) is 5.26 Å². The lowest BCUT2D eigenvalue weighted by Crippen LogP contribution is -1.91. The van der Waals surface area contributed by atoms with E-state index in [1.54, 1.807) is 0 Å². The number of aromatic nitrogens is 2. The van der Waals surface area contributed by atoms with Crippen LogP contribution in [0.3, 0.4) is 0 Å². The van der Waals surface area contributed by atoms with Gasteiger partial charge in [0.1, 0.15) is 17.1 Å². The molecule has 3 nitrogen and oxygen atoms in total. The molecular weight excluding hydrogens is 410 g/mol. The molecule has 3 heterocycles. The monoisotopic (exact) mass is 423 g/mol. The first-order valence-corrected chi connectivity index (χ1v) is 9.71. The predicted octanol–water partition coefficient (Wildman–Crippen LogP) is 6.46. The van der Waals surface area contributed by atoms with Gasteiger partial charge in [0, 0.05) is 21.8 Å². The fourth-order valence-corrected chi connectivity index (χ4v) is 3.90. The van der Waals surface area contributed by atoms with Crippen molar-refractivity contribution in [2.45, 2.75) is 0 Å². The smallest absolute Gasteiger partial charge is 0.108 e. The highest BCUT2D eigenvalue weighted by Crippen LogP contribution is 2.36. The molecule has 0 N–H and O–H groups in total. The first kappa shape index (κ1) is 16.7. The molecule has 0 spiro atoms. The van der Waals surface area contributed by atoms with Crippen LogP contribution in [0.15, 0.2) is 89.5 Å². The summed E-state index contributed by atoms with van der Waals surface area (Å²) in [5, 5.41) is 9.87. The van der Waals surface area contributed by atoms with E-state index in [1.165, 1.54) is 0 Å². The highest BCUT2D eigenvalue weighted by Gasteiger charge is 2.18. The second-order valence-corrected chi connectivity index (χ2v) is 7.48. The molecule has 0 amide bonds. The summed E-state index contributed by atoms with van der Waals surface area (Å²) in [5.74, 6) is 0. The zero-order valence-corrected chi connectivity index (χ0v) is 16.4. The number of nitrogens with zero attached hydrogens (tertiary/aromatic N) is 3. The summed E-state index contributed by atoms with van der Waals surface area (Å²) in [6, 6.07) is 28.7. The number of hydrogen-bond donors (Lipinski definition) is 0. The molecule has 5 rings (SSSR count). The Balaban J connectivity index is 1.95. The minimum Gasteiger partial charge on any atom is -0.313 e. The quantitative estimate of drug-likeness (QED) is 0.327. The summed E-state index contributed by atoms with van der Waals surface area (Å²) < 4.78 is 3.09. The van der Waals surface area contributed by atoms with Gasteiger partial charge >= 0.3 is 0 Å². The Kier molecular flexibility index (Phi) is 3.96. The number of pyridine rings is 2. The van der Waals surface area contributed by atoms with Crippen molar-refractivity contribution in [1.82, 2.24) is 9.38 Å². The number of hydrogen-bond acceptors (Lipinski definition) is 2. The van der Waals surface area contributed by atoms with Crippen LogP contribution in [-0.4, -0.2) is 9.38 Å². The Hall–Kier alpha value is -3.42. The average Bonchev–Trinajstić information content (AvgIpc) is 3.08. The van der Waals surface area contributed by atoms with Crippen LogP contribution in [0.5, 0.6) is 0 Å². The summed E-state index contributed by atoms with van der Waals surface area (Å²) in [7, 11) is 0. The largest absolute Gasteiger partial charge is 0.313 e. The van der Waals surface area contributed by atoms with Gasteiger partial charge in [-0.1, -0.05) is 64.5 Å².